The van der Waals surface area contributed by atoms with Crippen LogP contribution in [0.3, 0.4) is 0 Å². The molecule has 0 aliphatic rings. The Balaban J connectivity index is 2.31. The maximum Gasteiger partial charge on any atom is 0.417 e. The molecule has 116 valence electrons. The highest BCUT2D eigenvalue weighted by atomic mass is 35.5. The number of fused-ring (bicyclic) bond motifs is 1. The lowest BCUT2D eigenvalue weighted by atomic mass is 10.0. The van der Waals surface area contributed by atoms with Crippen molar-refractivity contribution < 1.29 is 13.2 Å². The van der Waals surface area contributed by atoms with Crippen LogP contribution in [0.2, 0.25) is 5.02 Å². The van der Waals surface area contributed by atoms with Gasteiger partial charge in [0.1, 0.15) is 6.07 Å². The third-order valence-corrected chi connectivity index (χ3v) is 3.59. The lowest BCUT2D eigenvalue weighted by molar-refractivity contribution is -0.137. The van der Waals surface area contributed by atoms with Gasteiger partial charge in [-0.05, 0) is 13.0 Å². The highest BCUT2D eigenvalue weighted by Crippen LogP contribution is 2.37. The van der Waals surface area contributed by atoms with Crippen LogP contribution in [0.25, 0.3) is 22.2 Å². The normalized spacial score (nSPS) is 11.7. The predicted molar refractivity (Wildman–Crippen MR) is 76.6 cm³/mol. The van der Waals surface area contributed by atoms with Crippen LogP contribution >= 0.6 is 11.6 Å². The third-order valence-electron chi connectivity index (χ3n) is 3.31. The van der Waals surface area contributed by atoms with Crippen LogP contribution in [0.5, 0.6) is 0 Å². The van der Waals surface area contributed by atoms with Gasteiger partial charge in [-0.1, -0.05) is 11.6 Å². The largest absolute Gasteiger partial charge is 0.417 e. The Bertz CT molecular complexity index is 955. The molecule has 0 fully saturated rings. The zero-order valence-corrected chi connectivity index (χ0v) is 12.3. The van der Waals surface area contributed by atoms with Crippen LogP contribution in [0.15, 0.2) is 18.5 Å². The first kappa shape index (κ1) is 15.2. The zero-order valence-electron chi connectivity index (χ0n) is 11.5. The molecule has 23 heavy (non-hydrogen) atoms. The van der Waals surface area contributed by atoms with Crippen LogP contribution in [0, 0.1) is 18.3 Å². The number of hydrogen-bond donors (Lipinski definition) is 1. The Hall–Kier alpha value is -2.66. The van der Waals surface area contributed by atoms with Gasteiger partial charge in [-0.25, -0.2) is 4.98 Å². The molecular formula is C14H7ClF3N5. The van der Waals surface area contributed by atoms with E-state index in [0.717, 1.165) is 6.07 Å². The van der Waals surface area contributed by atoms with E-state index < -0.39 is 11.7 Å². The SMILES string of the molecule is Cc1nc(C#N)c(-c2ncc(C(F)(F)F)cc2Cl)c2[nH]ncc12. The van der Waals surface area contributed by atoms with Crippen molar-refractivity contribution in [2.75, 3.05) is 0 Å². The Morgan fingerprint density at radius 1 is 1.30 bits per heavy atom. The molecule has 0 saturated heterocycles. The fraction of sp³-hybridized carbons (Fsp3) is 0.143. The van der Waals surface area contributed by atoms with Crippen molar-refractivity contribution in [3.8, 4) is 17.3 Å². The van der Waals surface area contributed by atoms with E-state index in [-0.39, 0.29) is 22.0 Å². The molecule has 0 atom stereocenters. The quantitative estimate of drug-likeness (QED) is 0.731. The van der Waals surface area contributed by atoms with Crippen molar-refractivity contribution in [3.05, 3.63) is 40.4 Å². The number of nitriles is 1. The standard InChI is InChI=1S/C14H7ClF3N5/c1-6-8-5-21-23-12(8)11(10(3-19)22-6)13-9(15)2-7(4-20-13)14(16,17)18/h2,4-5H,1H3,(H,21,23). The molecule has 0 bridgehead atoms. The lowest BCUT2D eigenvalue weighted by Crippen LogP contribution is -2.06. The summed E-state index contributed by atoms with van der Waals surface area (Å²) in [5.74, 6) is 0. The van der Waals surface area contributed by atoms with E-state index in [0.29, 0.717) is 22.8 Å². The van der Waals surface area contributed by atoms with Crippen molar-refractivity contribution in [1.29, 1.82) is 5.26 Å². The summed E-state index contributed by atoms with van der Waals surface area (Å²) in [7, 11) is 0. The summed E-state index contributed by atoms with van der Waals surface area (Å²) >= 11 is 5.97. The first-order valence-electron chi connectivity index (χ1n) is 6.30. The second-order valence-corrected chi connectivity index (χ2v) is 5.15. The molecule has 3 rings (SSSR count). The van der Waals surface area contributed by atoms with E-state index in [9.17, 15) is 18.4 Å². The van der Waals surface area contributed by atoms with Crippen molar-refractivity contribution in [2.45, 2.75) is 13.1 Å². The van der Waals surface area contributed by atoms with Crippen LogP contribution in [0.1, 0.15) is 17.0 Å². The average Bonchev–Trinajstić information content (AvgIpc) is 2.96. The van der Waals surface area contributed by atoms with Gasteiger partial charge in [0.15, 0.2) is 5.69 Å². The summed E-state index contributed by atoms with van der Waals surface area (Å²) in [6.45, 7) is 1.70. The zero-order chi connectivity index (χ0) is 16.8. The van der Waals surface area contributed by atoms with Crippen molar-refractivity contribution >= 4 is 22.5 Å². The van der Waals surface area contributed by atoms with Crippen LogP contribution in [-0.4, -0.2) is 20.2 Å². The number of rotatable bonds is 1. The third kappa shape index (κ3) is 2.49. The minimum atomic E-state index is -4.55. The maximum atomic E-state index is 12.7. The molecule has 1 N–H and O–H groups in total. The number of hydrogen-bond acceptors (Lipinski definition) is 4. The number of alkyl halides is 3. The smallest absolute Gasteiger partial charge is 0.277 e. The lowest BCUT2D eigenvalue weighted by Gasteiger charge is -2.11. The molecule has 0 spiro atoms. The minimum absolute atomic E-state index is 0.00779. The van der Waals surface area contributed by atoms with Gasteiger partial charge in [0.05, 0.1) is 33.6 Å². The summed E-state index contributed by atoms with van der Waals surface area (Å²) in [4.78, 5) is 7.93. The van der Waals surface area contributed by atoms with Gasteiger partial charge in [0.2, 0.25) is 0 Å². The fourth-order valence-electron chi connectivity index (χ4n) is 2.24. The van der Waals surface area contributed by atoms with E-state index in [1.54, 1.807) is 6.92 Å². The van der Waals surface area contributed by atoms with Crippen LogP contribution in [0.4, 0.5) is 13.2 Å². The molecule has 9 heteroatoms. The van der Waals surface area contributed by atoms with Crippen molar-refractivity contribution in [2.24, 2.45) is 0 Å². The Labute approximate surface area is 132 Å². The number of pyridine rings is 2. The minimum Gasteiger partial charge on any atom is -0.277 e. The highest BCUT2D eigenvalue weighted by molar-refractivity contribution is 6.33. The molecule has 0 aliphatic heterocycles. The fourth-order valence-corrected chi connectivity index (χ4v) is 2.50. The molecule has 0 amide bonds. The van der Waals surface area contributed by atoms with Crippen molar-refractivity contribution in [1.82, 2.24) is 20.2 Å². The Kier molecular flexibility index (Phi) is 3.45. The van der Waals surface area contributed by atoms with Crippen LogP contribution in [-0.2, 0) is 6.18 Å². The second kappa shape index (κ2) is 5.21. The van der Waals surface area contributed by atoms with Gasteiger partial charge >= 0.3 is 6.18 Å². The van der Waals surface area contributed by atoms with E-state index in [4.69, 9.17) is 11.6 Å². The predicted octanol–water partition coefficient (Wildman–Crippen LogP) is 3.87. The number of halogens is 4. The maximum absolute atomic E-state index is 12.7. The van der Waals surface area contributed by atoms with E-state index in [2.05, 4.69) is 20.2 Å². The number of aryl methyl sites for hydroxylation is 1. The summed E-state index contributed by atoms with van der Waals surface area (Å²) in [5, 5.41) is 16.3. The van der Waals surface area contributed by atoms with Crippen molar-refractivity contribution in [3.63, 3.8) is 0 Å². The number of nitrogens with zero attached hydrogens (tertiary/aromatic N) is 4. The second-order valence-electron chi connectivity index (χ2n) is 4.74. The Morgan fingerprint density at radius 2 is 2.04 bits per heavy atom. The molecule has 3 aromatic rings. The monoisotopic (exact) mass is 337 g/mol. The molecule has 0 radical (unpaired) electrons. The molecular weight excluding hydrogens is 331 g/mol. The average molecular weight is 338 g/mol. The van der Waals surface area contributed by atoms with Crippen LogP contribution < -0.4 is 0 Å². The van der Waals surface area contributed by atoms with Gasteiger partial charge in [-0.15, -0.1) is 0 Å². The summed E-state index contributed by atoms with van der Waals surface area (Å²) in [5.41, 5.74) is 0.321. The number of nitrogens with one attached hydrogen (secondary N) is 1. The molecule has 0 saturated carbocycles. The van der Waals surface area contributed by atoms with Gasteiger partial charge in [0.25, 0.3) is 0 Å². The van der Waals surface area contributed by atoms with Gasteiger partial charge < -0.3 is 0 Å². The number of H-pyrrole nitrogens is 1. The molecule has 3 aromatic heterocycles. The topological polar surface area (TPSA) is 78.2 Å². The van der Waals surface area contributed by atoms with Gasteiger partial charge in [-0.3, -0.25) is 10.1 Å². The summed E-state index contributed by atoms with van der Waals surface area (Å²) < 4.78 is 38.2. The Morgan fingerprint density at radius 3 is 2.65 bits per heavy atom. The van der Waals surface area contributed by atoms with Gasteiger partial charge in [-0.2, -0.15) is 23.5 Å². The van der Waals surface area contributed by atoms with E-state index in [1.807, 2.05) is 6.07 Å². The number of aromatic amines is 1. The first-order chi connectivity index (χ1) is 10.8. The molecule has 0 aromatic carbocycles. The molecule has 0 aliphatic carbocycles. The molecule has 3 heterocycles. The van der Waals surface area contributed by atoms with E-state index in [1.165, 1.54) is 6.20 Å². The summed E-state index contributed by atoms with van der Waals surface area (Å²) in [6.07, 6.45) is -2.37. The highest BCUT2D eigenvalue weighted by Gasteiger charge is 2.32. The summed E-state index contributed by atoms with van der Waals surface area (Å²) in [6, 6.07) is 2.68. The van der Waals surface area contributed by atoms with E-state index >= 15 is 0 Å². The molecule has 0 unspecified atom stereocenters. The number of aromatic nitrogens is 4. The van der Waals surface area contributed by atoms with Gasteiger partial charge in [0, 0.05) is 17.3 Å². The first-order valence-corrected chi connectivity index (χ1v) is 6.67. The molecule has 5 nitrogen and oxygen atoms in total.